The van der Waals surface area contributed by atoms with Crippen LogP contribution in [-0.2, 0) is 14.8 Å². The third kappa shape index (κ3) is 4.39. The standard InChI is InChI=1S/C11H16N4O5S/c1-7(5-11(12)16)14-21(19,20)10-4-3-8(13-2)6-9(10)15(17)18/h3-4,6-7,13-14H,5H2,1-2H3,(H2,12,16). The highest BCUT2D eigenvalue weighted by molar-refractivity contribution is 7.89. The Morgan fingerprint density at radius 3 is 2.57 bits per heavy atom. The lowest BCUT2D eigenvalue weighted by Crippen LogP contribution is -2.35. The van der Waals surface area contributed by atoms with Gasteiger partial charge < -0.3 is 11.1 Å². The van der Waals surface area contributed by atoms with Crippen molar-refractivity contribution in [3.05, 3.63) is 28.3 Å². The van der Waals surface area contributed by atoms with Crippen molar-refractivity contribution in [3.8, 4) is 0 Å². The largest absolute Gasteiger partial charge is 0.388 e. The highest BCUT2D eigenvalue weighted by atomic mass is 32.2. The molecule has 0 spiro atoms. The number of anilines is 1. The summed E-state index contributed by atoms with van der Waals surface area (Å²) in [5.41, 5.74) is 4.83. The quantitative estimate of drug-likeness (QED) is 0.483. The van der Waals surface area contributed by atoms with Crippen molar-refractivity contribution in [3.63, 3.8) is 0 Å². The van der Waals surface area contributed by atoms with Gasteiger partial charge in [-0.1, -0.05) is 0 Å². The smallest absolute Gasteiger partial charge is 0.291 e. The van der Waals surface area contributed by atoms with Crippen LogP contribution in [0.5, 0.6) is 0 Å². The Hall–Kier alpha value is -2.20. The maximum Gasteiger partial charge on any atom is 0.291 e. The number of benzene rings is 1. The van der Waals surface area contributed by atoms with Gasteiger partial charge in [0.25, 0.3) is 5.69 Å². The molecule has 0 saturated heterocycles. The Bertz CT molecular complexity index is 659. The lowest BCUT2D eigenvalue weighted by molar-refractivity contribution is -0.387. The van der Waals surface area contributed by atoms with Gasteiger partial charge in [0, 0.05) is 31.3 Å². The minimum Gasteiger partial charge on any atom is -0.388 e. The maximum atomic E-state index is 12.2. The van der Waals surface area contributed by atoms with Gasteiger partial charge in [-0.2, -0.15) is 0 Å². The molecule has 0 aliphatic heterocycles. The van der Waals surface area contributed by atoms with Gasteiger partial charge in [0.15, 0.2) is 4.90 Å². The SMILES string of the molecule is CNc1ccc(S(=O)(=O)NC(C)CC(N)=O)c([N+](=O)[O-])c1. The predicted octanol–water partition coefficient (Wildman–Crippen LogP) is 0.179. The second-order valence-corrected chi connectivity index (χ2v) is 6.06. The van der Waals surface area contributed by atoms with E-state index in [0.717, 1.165) is 12.1 Å². The number of carbonyl (C=O) groups excluding carboxylic acids is 1. The summed E-state index contributed by atoms with van der Waals surface area (Å²) in [6.45, 7) is 1.44. The summed E-state index contributed by atoms with van der Waals surface area (Å²) in [7, 11) is -2.58. The van der Waals surface area contributed by atoms with Gasteiger partial charge in [-0.3, -0.25) is 14.9 Å². The molecule has 0 heterocycles. The van der Waals surface area contributed by atoms with E-state index in [9.17, 15) is 23.3 Å². The fraction of sp³-hybridized carbons (Fsp3) is 0.364. The molecule has 116 valence electrons. The van der Waals surface area contributed by atoms with Gasteiger partial charge in [0.1, 0.15) is 0 Å². The van der Waals surface area contributed by atoms with Crippen LogP contribution < -0.4 is 15.8 Å². The van der Waals surface area contributed by atoms with Gasteiger partial charge in [-0.05, 0) is 19.1 Å². The average Bonchev–Trinajstić information content (AvgIpc) is 2.36. The first-order valence-corrected chi connectivity index (χ1v) is 7.42. The highest BCUT2D eigenvalue weighted by Crippen LogP contribution is 2.27. The summed E-state index contributed by atoms with van der Waals surface area (Å²) in [6.07, 6.45) is -0.207. The predicted molar refractivity (Wildman–Crippen MR) is 76.2 cm³/mol. The summed E-state index contributed by atoms with van der Waals surface area (Å²) in [5, 5.41) is 13.7. The number of nitrogens with one attached hydrogen (secondary N) is 2. The molecule has 1 amide bonds. The van der Waals surface area contributed by atoms with Crippen LogP contribution in [0.3, 0.4) is 0 Å². The number of carbonyl (C=O) groups is 1. The average molecular weight is 316 g/mol. The van der Waals surface area contributed by atoms with Crippen LogP contribution in [0.15, 0.2) is 23.1 Å². The summed E-state index contributed by atoms with van der Waals surface area (Å²) < 4.78 is 26.5. The van der Waals surface area contributed by atoms with E-state index in [1.807, 2.05) is 0 Å². The molecule has 0 fully saturated rings. The third-order valence-electron chi connectivity index (χ3n) is 2.60. The van der Waals surface area contributed by atoms with Crippen LogP contribution >= 0.6 is 0 Å². The van der Waals surface area contributed by atoms with E-state index in [-0.39, 0.29) is 6.42 Å². The third-order valence-corrected chi connectivity index (χ3v) is 4.23. The van der Waals surface area contributed by atoms with E-state index in [4.69, 9.17) is 5.73 Å². The molecule has 9 nitrogen and oxygen atoms in total. The normalized spacial score (nSPS) is 12.7. The van der Waals surface area contributed by atoms with Gasteiger partial charge in [0.05, 0.1) is 4.92 Å². The van der Waals surface area contributed by atoms with E-state index >= 15 is 0 Å². The molecular formula is C11H16N4O5S. The molecule has 0 aliphatic rings. The Morgan fingerprint density at radius 1 is 1.48 bits per heavy atom. The van der Waals surface area contributed by atoms with Crippen LogP contribution in [0.1, 0.15) is 13.3 Å². The Kier molecular flexibility index (Phi) is 5.22. The van der Waals surface area contributed by atoms with Gasteiger partial charge in [-0.15, -0.1) is 0 Å². The van der Waals surface area contributed by atoms with Crippen LogP contribution in [0.2, 0.25) is 0 Å². The van der Waals surface area contributed by atoms with E-state index in [0.29, 0.717) is 5.69 Å². The van der Waals surface area contributed by atoms with Crippen LogP contribution in [0.4, 0.5) is 11.4 Å². The van der Waals surface area contributed by atoms with Crippen LogP contribution in [0, 0.1) is 10.1 Å². The van der Waals surface area contributed by atoms with Crippen molar-refractivity contribution in [1.29, 1.82) is 0 Å². The first kappa shape index (κ1) is 16.9. The molecule has 1 rings (SSSR count). The molecule has 0 aromatic heterocycles. The van der Waals surface area contributed by atoms with E-state index < -0.39 is 37.5 Å². The molecular weight excluding hydrogens is 300 g/mol. The van der Waals surface area contributed by atoms with Gasteiger partial charge in [-0.25, -0.2) is 13.1 Å². The van der Waals surface area contributed by atoms with Crippen molar-refractivity contribution in [2.24, 2.45) is 5.73 Å². The van der Waals surface area contributed by atoms with Gasteiger partial charge >= 0.3 is 0 Å². The number of primary amides is 1. The van der Waals surface area contributed by atoms with Crippen LogP contribution in [-0.4, -0.2) is 32.3 Å². The maximum absolute atomic E-state index is 12.2. The molecule has 4 N–H and O–H groups in total. The topological polar surface area (TPSA) is 144 Å². The summed E-state index contributed by atoms with van der Waals surface area (Å²) in [6, 6.07) is 2.88. The zero-order valence-corrected chi connectivity index (χ0v) is 12.3. The lowest BCUT2D eigenvalue weighted by atomic mass is 10.2. The lowest BCUT2D eigenvalue weighted by Gasteiger charge is -2.13. The number of sulfonamides is 1. The molecule has 0 bridgehead atoms. The first-order chi connectivity index (χ1) is 9.67. The zero-order valence-electron chi connectivity index (χ0n) is 11.5. The molecule has 0 saturated carbocycles. The molecule has 1 unspecified atom stereocenters. The number of rotatable bonds is 7. The number of amides is 1. The number of hydrogen-bond acceptors (Lipinski definition) is 6. The highest BCUT2D eigenvalue weighted by Gasteiger charge is 2.27. The van der Waals surface area contributed by atoms with Gasteiger partial charge in [0.2, 0.25) is 15.9 Å². The summed E-state index contributed by atoms with van der Waals surface area (Å²) in [4.78, 5) is 20.5. The van der Waals surface area contributed by atoms with Crippen LogP contribution in [0.25, 0.3) is 0 Å². The fourth-order valence-electron chi connectivity index (χ4n) is 1.71. The second-order valence-electron chi connectivity index (χ2n) is 4.38. The Labute approximate surface area is 121 Å². The molecule has 21 heavy (non-hydrogen) atoms. The minimum absolute atomic E-state index is 0.207. The molecule has 1 aromatic rings. The molecule has 1 aromatic carbocycles. The number of nitro benzene ring substituents is 1. The first-order valence-electron chi connectivity index (χ1n) is 5.94. The molecule has 10 heteroatoms. The van der Waals surface area contributed by atoms with Crippen molar-refractivity contribution in [2.75, 3.05) is 12.4 Å². The Morgan fingerprint density at radius 2 is 2.10 bits per heavy atom. The van der Waals surface area contributed by atoms with E-state index in [1.165, 1.54) is 13.0 Å². The monoisotopic (exact) mass is 316 g/mol. The number of hydrogen-bond donors (Lipinski definition) is 3. The summed E-state index contributed by atoms with van der Waals surface area (Å²) >= 11 is 0. The molecule has 1 atom stereocenters. The fourth-order valence-corrected chi connectivity index (χ4v) is 3.11. The van der Waals surface area contributed by atoms with E-state index in [1.54, 1.807) is 7.05 Å². The zero-order chi connectivity index (χ0) is 16.2. The van der Waals surface area contributed by atoms with Crippen molar-refractivity contribution in [1.82, 2.24) is 4.72 Å². The number of nitrogens with zero attached hydrogens (tertiary/aromatic N) is 1. The van der Waals surface area contributed by atoms with Crippen molar-refractivity contribution < 1.29 is 18.1 Å². The van der Waals surface area contributed by atoms with E-state index in [2.05, 4.69) is 10.0 Å². The second kappa shape index (κ2) is 6.50. The molecule has 0 aliphatic carbocycles. The van der Waals surface area contributed by atoms with Crippen molar-refractivity contribution >= 4 is 27.3 Å². The Balaban J connectivity index is 3.19. The number of nitro groups is 1. The molecule has 0 radical (unpaired) electrons. The minimum atomic E-state index is -4.13. The summed E-state index contributed by atoms with van der Waals surface area (Å²) in [5.74, 6) is -0.676. The van der Waals surface area contributed by atoms with Crippen molar-refractivity contribution in [2.45, 2.75) is 24.3 Å². The number of nitrogens with two attached hydrogens (primary N) is 1.